The first kappa shape index (κ1) is 14.4. The second-order valence-corrected chi connectivity index (χ2v) is 6.16. The van der Waals surface area contributed by atoms with Crippen LogP contribution < -0.4 is 10.5 Å². The minimum atomic E-state index is 0.512. The van der Waals surface area contributed by atoms with Crippen molar-refractivity contribution < 1.29 is 4.74 Å². The third-order valence-corrected chi connectivity index (χ3v) is 4.85. The van der Waals surface area contributed by atoms with Crippen LogP contribution in [0.15, 0.2) is 39.3 Å². The second kappa shape index (κ2) is 5.97. The van der Waals surface area contributed by atoms with E-state index in [2.05, 4.69) is 45.7 Å². The summed E-state index contributed by atoms with van der Waals surface area (Å²) in [4.78, 5) is 0. The Kier molecular flexibility index (Phi) is 4.53. The van der Waals surface area contributed by atoms with E-state index in [1.165, 1.54) is 11.1 Å². The topological polar surface area (TPSA) is 35.2 Å². The molecular weight excluding hydrogens is 370 g/mol. The second-order valence-electron chi connectivity index (χ2n) is 4.52. The molecule has 2 aromatic rings. The van der Waals surface area contributed by atoms with E-state index in [9.17, 15) is 0 Å². The van der Waals surface area contributed by atoms with Gasteiger partial charge < -0.3 is 10.5 Å². The van der Waals surface area contributed by atoms with Crippen LogP contribution in [0, 0.1) is 13.8 Å². The van der Waals surface area contributed by atoms with E-state index in [0.29, 0.717) is 6.61 Å². The van der Waals surface area contributed by atoms with E-state index >= 15 is 0 Å². The fraction of sp³-hybridized carbons (Fsp3) is 0.200. The zero-order valence-corrected chi connectivity index (χ0v) is 14.0. The SMILES string of the molecule is Cc1cc(OCc2ccc(Br)c(N)c2)cc(C)c1Br. The van der Waals surface area contributed by atoms with Crippen LogP contribution in [0.5, 0.6) is 5.75 Å². The molecule has 2 aromatic carbocycles. The van der Waals surface area contributed by atoms with E-state index in [4.69, 9.17) is 10.5 Å². The predicted molar refractivity (Wildman–Crippen MR) is 86.5 cm³/mol. The van der Waals surface area contributed by atoms with Crippen molar-refractivity contribution in [2.75, 3.05) is 5.73 Å². The van der Waals surface area contributed by atoms with E-state index < -0.39 is 0 Å². The lowest BCUT2D eigenvalue weighted by atomic mass is 10.1. The summed E-state index contributed by atoms with van der Waals surface area (Å²) in [7, 11) is 0. The van der Waals surface area contributed by atoms with Gasteiger partial charge in [0.15, 0.2) is 0 Å². The molecular formula is C15H15Br2NO. The quantitative estimate of drug-likeness (QED) is 0.756. The maximum absolute atomic E-state index is 5.85. The summed E-state index contributed by atoms with van der Waals surface area (Å²) >= 11 is 6.93. The van der Waals surface area contributed by atoms with Crippen molar-refractivity contribution in [3.05, 3.63) is 56.0 Å². The Bertz CT molecular complexity index is 588. The number of halogens is 2. The first-order valence-electron chi connectivity index (χ1n) is 5.91. The number of hydrogen-bond acceptors (Lipinski definition) is 2. The predicted octanol–water partition coefficient (Wildman–Crippen LogP) is 4.99. The average molecular weight is 385 g/mol. The molecule has 0 aliphatic rings. The van der Waals surface area contributed by atoms with Crippen LogP contribution in [0.3, 0.4) is 0 Å². The normalized spacial score (nSPS) is 10.5. The van der Waals surface area contributed by atoms with Gasteiger partial charge in [-0.25, -0.2) is 0 Å². The molecule has 0 unspecified atom stereocenters. The number of benzene rings is 2. The van der Waals surface area contributed by atoms with Crippen LogP contribution in [0.1, 0.15) is 16.7 Å². The van der Waals surface area contributed by atoms with Gasteiger partial charge in [0.05, 0.1) is 0 Å². The van der Waals surface area contributed by atoms with Crippen LogP contribution >= 0.6 is 31.9 Å². The highest BCUT2D eigenvalue weighted by Gasteiger charge is 2.04. The smallest absolute Gasteiger partial charge is 0.120 e. The third kappa shape index (κ3) is 3.51. The van der Waals surface area contributed by atoms with Crippen molar-refractivity contribution in [2.45, 2.75) is 20.5 Å². The lowest BCUT2D eigenvalue weighted by Gasteiger charge is -2.11. The molecule has 0 radical (unpaired) electrons. The third-order valence-electron chi connectivity index (χ3n) is 2.88. The number of anilines is 1. The van der Waals surface area contributed by atoms with Gasteiger partial charge in [0.2, 0.25) is 0 Å². The summed E-state index contributed by atoms with van der Waals surface area (Å²) in [5.74, 6) is 0.875. The van der Waals surface area contributed by atoms with E-state index in [-0.39, 0.29) is 0 Å². The van der Waals surface area contributed by atoms with E-state index in [1.54, 1.807) is 0 Å². The fourth-order valence-electron chi connectivity index (χ4n) is 1.84. The molecule has 0 saturated carbocycles. The van der Waals surface area contributed by atoms with Crippen molar-refractivity contribution in [2.24, 2.45) is 0 Å². The number of hydrogen-bond donors (Lipinski definition) is 1. The minimum Gasteiger partial charge on any atom is -0.489 e. The molecule has 100 valence electrons. The van der Waals surface area contributed by atoms with Gasteiger partial charge in [-0.05, 0) is 70.7 Å². The molecule has 0 bridgehead atoms. The van der Waals surface area contributed by atoms with Crippen molar-refractivity contribution in [1.29, 1.82) is 0 Å². The van der Waals surface area contributed by atoms with Crippen molar-refractivity contribution in [1.82, 2.24) is 0 Å². The number of nitrogens with two attached hydrogens (primary N) is 1. The summed E-state index contributed by atoms with van der Waals surface area (Å²) in [5.41, 5.74) is 9.97. The van der Waals surface area contributed by atoms with Gasteiger partial charge in [-0.15, -0.1) is 0 Å². The van der Waals surface area contributed by atoms with Gasteiger partial charge >= 0.3 is 0 Å². The number of nitrogen functional groups attached to an aromatic ring is 1. The minimum absolute atomic E-state index is 0.512. The number of ether oxygens (including phenoxy) is 1. The Hall–Kier alpha value is -1.00. The molecule has 0 heterocycles. The molecule has 0 spiro atoms. The number of rotatable bonds is 3. The fourth-order valence-corrected chi connectivity index (χ4v) is 2.31. The van der Waals surface area contributed by atoms with E-state index in [1.807, 2.05) is 30.3 Å². The zero-order valence-electron chi connectivity index (χ0n) is 10.8. The van der Waals surface area contributed by atoms with Gasteiger partial charge in [0, 0.05) is 14.6 Å². The highest BCUT2D eigenvalue weighted by molar-refractivity contribution is 9.11. The maximum Gasteiger partial charge on any atom is 0.120 e. The first-order valence-corrected chi connectivity index (χ1v) is 7.49. The Morgan fingerprint density at radius 3 is 2.26 bits per heavy atom. The van der Waals surface area contributed by atoms with Crippen LogP contribution in [0.25, 0.3) is 0 Å². The maximum atomic E-state index is 5.85. The largest absolute Gasteiger partial charge is 0.489 e. The average Bonchev–Trinajstić information content (AvgIpc) is 2.37. The van der Waals surface area contributed by atoms with Crippen molar-refractivity contribution in [3.63, 3.8) is 0 Å². The monoisotopic (exact) mass is 383 g/mol. The van der Waals surface area contributed by atoms with Gasteiger partial charge in [-0.3, -0.25) is 0 Å². The molecule has 0 aliphatic carbocycles. The molecule has 0 saturated heterocycles. The summed E-state index contributed by atoms with van der Waals surface area (Å²) in [6.45, 7) is 4.63. The molecule has 4 heteroatoms. The lowest BCUT2D eigenvalue weighted by molar-refractivity contribution is 0.306. The van der Waals surface area contributed by atoms with Gasteiger partial charge in [-0.1, -0.05) is 22.0 Å². The van der Waals surface area contributed by atoms with Gasteiger partial charge in [0.1, 0.15) is 12.4 Å². The number of aryl methyl sites for hydroxylation is 2. The summed E-state index contributed by atoms with van der Waals surface area (Å²) in [5, 5.41) is 0. The Labute approximate surface area is 130 Å². The lowest BCUT2D eigenvalue weighted by Crippen LogP contribution is -1.98. The Morgan fingerprint density at radius 2 is 1.68 bits per heavy atom. The molecule has 0 fully saturated rings. The highest BCUT2D eigenvalue weighted by atomic mass is 79.9. The molecule has 2 N–H and O–H groups in total. The molecule has 0 amide bonds. The molecule has 0 atom stereocenters. The summed E-state index contributed by atoms with van der Waals surface area (Å²) in [6.07, 6.45) is 0. The standard InChI is InChI=1S/C15H15Br2NO/c1-9-5-12(6-10(2)15(9)17)19-8-11-3-4-13(16)14(18)7-11/h3-7H,8,18H2,1-2H3. The van der Waals surface area contributed by atoms with Crippen molar-refractivity contribution >= 4 is 37.5 Å². The summed E-state index contributed by atoms with van der Waals surface area (Å²) < 4.78 is 7.85. The van der Waals surface area contributed by atoms with Crippen molar-refractivity contribution in [3.8, 4) is 5.75 Å². The zero-order chi connectivity index (χ0) is 14.0. The summed E-state index contributed by atoms with van der Waals surface area (Å²) in [6, 6.07) is 9.91. The van der Waals surface area contributed by atoms with Crippen LogP contribution in [0.4, 0.5) is 5.69 Å². The molecule has 0 aromatic heterocycles. The Balaban J connectivity index is 2.12. The molecule has 2 nitrogen and oxygen atoms in total. The highest BCUT2D eigenvalue weighted by Crippen LogP contribution is 2.27. The van der Waals surface area contributed by atoms with Gasteiger partial charge in [-0.2, -0.15) is 0 Å². The molecule has 19 heavy (non-hydrogen) atoms. The van der Waals surface area contributed by atoms with Gasteiger partial charge in [0.25, 0.3) is 0 Å². The van der Waals surface area contributed by atoms with E-state index in [0.717, 1.165) is 25.9 Å². The van der Waals surface area contributed by atoms with Crippen LogP contribution in [0.2, 0.25) is 0 Å². The molecule has 2 rings (SSSR count). The molecule has 0 aliphatic heterocycles. The van der Waals surface area contributed by atoms with Crippen LogP contribution in [-0.2, 0) is 6.61 Å². The van der Waals surface area contributed by atoms with Crippen LogP contribution in [-0.4, -0.2) is 0 Å². The first-order chi connectivity index (χ1) is 8.97. The Morgan fingerprint density at radius 1 is 1.05 bits per heavy atom.